The molecule has 0 saturated carbocycles. The number of nitrogens with zero attached hydrogens (tertiary/aromatic N) is 1. The molecule has 0 saturated heterocycles. The van der Waals surface area contributed by atoms with E-state index >= 15 is 0 Å². The summed E-state index contributed by atoms with van der Waals surface area (Å²) in [4.78, 5) is 40.7. The Morgan fingerprint density at radius 2 is 1.70 bits per heavy atom. The van der Waals surface area contributed by atoms with Crippen molar-refractivity contribution < 1.29 is 37.7 Å². The first-order valence-electron chi connectivity index (χ1n) is 10.1. The number of ether oxygens (including phenoxy) is 4. The zero-order chi connectivity index (χ0) is 24.7. The Morgan fingerprint density at radius 3 is 2.30 bits per heavy atom. The van der Waals surface area contributed by atoms with Gasteiger partial charge in [0.1, 0.15) is 23.7 Å². The maximum atomic E-state index is 13.5. The smallest absolute Gasteiger partial charge is 0.328 e. The predicted molar refractivity (Wildman–Crippen MR) is 116 cm³/mol. The molecule has 0 aliphatic heterocycles. The van der Waals surface area contributed by atoms with E-state index in [1.165, 1.54) is 52.5 Å². The normalized spacial score (nSPS) is 13.3. The van der Waals surface area contributed by atoms with Gasteiger partial charge in [0.05, 0.1) is 14.2 Å². The van der Waals surface area contributed by atoms with Crippen molar-refractivity contribution in [3.05, 3.63) is 47.5 Å². The Hall–Kier alpha value is -3.69. The number of carbonyl (C=O) groups is 3. The van der Waals surface area contributed by atoms with E-state index in [2.05, 4.69) is 10.3 Å². The summed E-state index contributed by atoms with van der Waals surface area (Å²) in [5.41, 5.74) is 0.448. The van der Waals surface area contributed by atoms with Gasteiger partial charge in [-0.2, -0.15) is 0 Å². The Bertz CT molecular complexity index is 1030. The van der Waals surface area contributed by atoms with Gasteiger partial charge in [-0.05, 0) is 19.9 Å². The number of nitrogens with one attached hydrogen (secondary N) is 1. The molecule has 33 heavy (non-hydrogen) atoms. The number of aromatic nitrogens is 1. The summed E-state index contributed by atoms with van der Waals surface area (Å²) in [6.07, 6.45) is 0.701. The molecule has 1 N–H and O–H groups in total. The van der Waals surface area contributed by atoms with Crippen LogP contribution < -0.4 is 19.5 Å². The molecule has 1 aromatic heterocycles. The van der Waals surface area contributed by atoms with Crippen molar-refractivity contribution >= 4 is 17.8 Å². The maximum Gasteiger partial charge on any atom is 0.328 e. The maximum absolute atomic E-state index is 13.5. The number of esters is 2. The lowest BCUT2D eigenvalue weighted by Crippen LogP contribution is -2.41. The summed E-state index contributed by atoms with van der Waals surface area (Å²) in [5, 5.41) is 2.48. The number of rotatable bonds is 9. The quantitative estimate of drug-likeness (QED) is 0.566. The van der Waals surface area contributed by atoms with Gasteiger partial charge in [-0.25, -0.2) is 14.2 Å². The van der Waals surface area contributed by atoms with Crippen LogP contribution in [0.25, 0.3) is 0 Å². The van der Waals surface area contributed by atoms with Crippen molar-refractivity contribution in [2.45, 2.75) is 45.8 Å². The summed E-state index contributed by atoms with van der Waals surface area (Å²) in [7, 11) is 2.78. The fourth-order valence-electron chi connectivity index (χ4n) is 3.02. The van der Waals surface area contributed by atoms with E-state index in [9.17, 15) is 18.8 Å². The number of halogens is 1. The van der Waals surface area contributed by atoms with Crippen LogP contribution in [0.5, 0.6) is 17.2 Å². The molecule has 10 heteroatoms. The average molecular weight is 462 g/mol. The second-order valence-electron chi connectivity index (χ2n) is 7.30. The number of methoxy groups -OCH3 is 2. The largest absolute Gasteiger partial charge is 0.496 e. The van der Waals surface area contributed by atoms with Gasteiger partial charge in [0.25, 0.3) is 5.91 Å². The number of hydrogen-bond donors (Lipinski definition) is 1. The molecule has 1 heterocycles. The van der Waals surface area contributed by atoms with E-state index in [-0.39, 0.29) is 23.1 Å². The number of pyridine rings is 1. The molecule has 1 aromatic carbocycles. The molecule has 0 aliphatic rings. The van der Waals surface area contributed by atoms with E-state index in [1.807, 2.05) is 6.92 Å². The molecule has 1 amide bonds. The molecule has 2 aromatic rings. The van der Waals surface area contributed by atoms with Crippen molar-refractivity contribution in [3.63, 3.8) is 0 Å². The minimum Gasteiger partial charge on any atom is -0.496 e. The zero-order valence-electron chi connectivity index (χ0n) is 19.3. The predicted octanol–water partition coefficient (Wildman–Crippen LogP) is 3.02. The monoisotopic (exact) mass is 462 g/mol. The van der Waals surface area contributed by atoms with Gasteiger partial charge in [-0.3, -0.25) is 9.59 Å². The number of carbonyl (C=O) groups excluding carboxylic acids is 3. The van der Waals surface area contributed by atoms with Crippen LogP contribution in [0.4, 0.5) is 4.39 Å². The highest BCUT2D eigenvalue weighted by molar-refractivity contribution is 5.98. The van der Waals surface area contributed by atoms with E-state index in [4.69, 9.17) is 18.9 Å². The fourth-order valence-corrected chi connectivity index (χ4v) is 3.02. The number of amides is 1. The van der Waals surface area contributed by atoms with E-state index in [0.29, 0.717) is 11.3 Å². The Morgan fingerprint density at radius 1 is 1.03 bits per heavy atom. The van der Waals surface area contributed by atoms with Crippen LogP contribution >= 0.6 is 0 Å². The average Bonchev–Trinajstić information content (AvgIpc) is 2.77. The van der Waals surface area contributed by atoms with Crippen LogP contribution in [-0.2, 0) is 14.3 Å². The first-order valence-corrected chi connectivity index (χ1v) is 10.1. The highest BCUT2D eigenvalue weighted by Crippen LogP contribution is 2.31. The Labute approximate surface area is 191 Å². The summed E-state index contributed by atoms with van der Waals surface area (Å²) in [6.45, 7) is 6.11. The molecule has 0 aliphatic carbocycles. The van der Waals surface area contributed by atoms with Gasteiger partial charge in [0.2, 0.25) is 5.75 Å². The van der Waals surface area contributed by atoms with Gasteiger partial charge < -0.3 is 24.3 Å². The number of benzene rings is 1. The Balaban J connectivity index is 2.10. The SMILES string of the molecule is COc1cc(F)ccc1[C@@H](C)[C@@H](C)OC(=O)[C@H](C)NC(=O)c1nccc(OC)c1OC(C)=O. The molecule has 178 valence electrons. The third-order valence-electron chi connectivity index (χ3n) is 4.94. The summed E-state index contributed by atoms with van der Waals surface area (Å²) in [5.74, 6) is -2.55. The molecular formula is C23H27FN2O7. The lowest BCUT2D eigenvalue weighted by molar-refractivity contribution is -0.151. The Kier molecular flexibility index (Phi) is 8.72. The zero-order valence-corrected chi connectivity index (χ0v) is 19.3. The van der Waals surface area contributed by atoms with Gasteiger partial charge in [0.15, 0.2) is 11.4 Å². The highest BCUT2D eigenvalue weighted by Gasteiger charge is 2.27. The summed E-state index contributed by atoms with van der Waals surface area (Å²) < 4.78 is 34.4. The fraction of sp³-hybridized carbons (Fsp3) is 0.391. The second kappa shape index (κ2) is 11.3. The molecule has 0 spiro atoms. The first kappa shape index (κ1) is 25.6. The van der Waals surface area contributed by atoms with Crippen LogP contribution in [0, 0.1) is 5.82 Å². The topological polar surface area (TPSA) is 113 Å². The minimum atomic E-state index is -1.04. The van der Waals surface area contributed by atoms with Gasteiger partial charge in [-0.1, -0.05) is 13.0 Å². The molecule has 0 radical (unpaired) electrons. The van der Waals surface area contributed by atoms with Gasteiger partial charge in [0, 0.05) is 36.7 Å². The van der Waals surface area contributed by atoms with Crippen molar-refractivity contribution in [1.29, 1.82) is 0 Å². The standard InChI is InChI=1S/C23H27FN2O7/c1-12(17-8-7-16(24)11-19(17)31-6)14(3)32-23(29)13(2)26-22(28)20-21(33-15(4)27)18(30-5)9-10-25-20/h7-14H,1-6H3,(H,26,28)/t12-,13-,14+/m0/s1. The second-order valence-corrected chi connectivity index (χ2v) is 7.30. The lowest BCUT2D eigenvalue weighted by atomic mass is 9.95. The molecule has 0 fully saturated rings. The van der Waals surface area contributed by atoms with Crippen molar-refractivity contribution in [3.8, 4) is 17.2 Å². The molecule has 0 unspecified atom stereocenters. The van der Waals surface area contributed by atoms with E-state index < -0.39 is 35.8 Å². The van der Waals surface area contributed by atoms with Crippen molar-refractivity contribution in [2.75, 3.05) is 14.2 Å². The molecule has 9 nitrogen and oxygen atoms in total. The summed E-state index contributed by atoms with van der Waals surface area (Å²) >= 11 is 0. The van der Waals surface area contributed by atoms with Crippen LogP contribution in [0.1, 0.15) is 49.7 Å². The van der Waals surface area contributed by atoms with Crippen molar-refractivity contribution in [1.82, 2.24) is 10.3 Å². The van der Waals surface area contributed by atoms with E-state index in [1.54, 1.807) is 13.0 Å². The number of hydrogen-bond acceptors (Lipinski definition) is 8. The minimum absolute atomic E-state index is 0.135. The van der Waals surface area contributed by atoms with Crippen LogP contribution in [0.3, 0.4) is 0 Å². The van der Waals surface area contributed by atoms with E-state index in [0.717, 1.165) is 0 Å². The molecular weight excluding hydrogens is 435 g/mol. The highest BCUT2D eigenvalue weighted by atomic mass is 19.1. The first-order chi connectivity index (χ1) is 15.6. The van der Waals surface area contributed by atoms with Gasteiger partial charge >= 0.3 is 11.9 Å². The molecule has 2 rings (SSSR count). The van der Waals surface area contributed by atoms with Gasteiger partial charge in [-0.15, -0.1) is 0 Å². The third kappa shape index (κ3) is 6.41. The lowest BCUT2D eigenvalue weighted by Gasteiger charge is -2.24. The summed E-state index contributed by atoms with van der Waals surface area (Å²) in [6, 6.07) is 4.51. The molecule has 3 atom stereocenters. The third-order valence-corrected chi connectivity index (χ3v) is 4.94. The van der Waals surface area contributed by atoms with Crippen LogP contribution in [0.2, 0.25) is 0 Å². The van der Waals surface area contributed by atoms with Crippen molar-refractivity contribution in [2.24, 2.45) is 0 Å². The van der Waals surface area contributed by atoms with Crippen LogP contribution in [-0.4, -0.2) is 49.2 Å². The molecule has 0 bridgehead atoms. The van der Waals surface area contributed by atoms with Crippen LogP contribution in [0.15, 0.2) is 30.5 Å².